The molecular formula is C12H21N3OS. The minimum Gasteiger partial charge on any atom is -0.394 e. The lowest BCUT2D eigenvalue weighted by Gasteiger charge is -2.36. The lowest BCUT2D eigenvalue weighted by Crippen LogP contribution is -2.43. The van der Waals surface area contributed by atoms with E-state index in [1.54, 1.807) is 0 Å². The molecule has 1 aliphatic carbocycles. The molecule has 0 aliphatic heterocycles. The van der Waals surface area contributed by atoms with Crippen molar-refractivity contribution in [3.63, 3.8) is 0 Å². The summed E-state index contributed by atoms with van der Waals surface area (Å²) in [5.41, 5.74) is -0.152. The first-order valence-corrected chi connectivity index (χ1v) is 7.27. The van der Waals surface area contributed by atoms with Gasteiger partial charge in [0.05, 0.1) is 12.1 Å². The van der Waals surface area contributed by atoms with Crippen LogP contribution >= 0.6 is 11.5 Å². The second kappa shape index (κ2) is 5.78. The molecule has 0 atom stereocenters. The van der Waals surface area contributed by atoms with E-state index < -0.39 is 0 Å². The maximum atomic E-state index is 9.61. The Kier molecular flexibility index (Phi) is 4.34. The molecule has 0 saturated heterocycles. The predicted octanol–water partition coefficient (Wildman–Crippen LogP) is 2.60. The van der Waals surface area contributed by atoms with Gasteiger partial charge in [0.15, 0.2) is 0 Å². The van der Waals surface area contributed by atoms with Crippen LogP contribution in [0.2, 0.25) is 0 Å². The summed E-state index contributed by atoms with van der Waals surface area (Å²) in [4.78, 5) is 4.47. The SMILES string of the molecule is CCCc1nsc(NC2(CO)CCCCC2)n1. The number of aliphatic hydroxyl groups is 1. The molecule has 0 aromatic carbocycles. The second-order valence-corrected chi connectivity index (χ2v) is 5.64. The normalized spacial score (nSPS) is 19.2. The van der Waals surface area contributed by atoms with Crippen molar-refractivity contribution in [1.29, 1.82) is 0 Å². The number of rotatable bonds is 5. The first kappa shape index (κ1) is 12.8. The summed E-state index contributed by atoms with van der Waals surface area (Å²) in [5.74, 6) is 0.920. The zero-order valence-electron chi connectivity index (χ0n) is 10.4. The van der Waals surface area contributed by atoms with Gasteiger partial charge >= 0.3 is 0 Å². The summed E-state index contributed by atoms with van der Waals surface area (Å²) in [7, 11) is 0. The lowest BCUT2D eigenvalue weighted by atomic mass is 9.82. The van der Waals surface area contributed by atoms with Crippen LogP contribution in [0.5, 0.6) is 0 Å². The second-order valence-electron chi connectivity index (χ2n) is 4.89. The zero-order valence-corrected chi connectivity index (χ0v) is 11.2. The molecule has 1 heterocycles. The highest BCUT2D eigenvalue weighted by molar-refractivity contribution is 7.09. The number of nitrogens with zero attached hydrogens (tertiary/aromatic N) is 2. The third-order valence-electron chi connectivity index (χ3n) is 3.43. The third kappa shape index (κ3) is 3.16. The fraction of sp³-hybridized carbons (Fsp3) is 0.833. The number of aromatic nitrogens is 2. The summed E-state index contributed by atoms with van der Waals surface area (Å²) in [6.45, 7) is 2.32. The molecule has 2 rings (SSSR count). The van der Waals surface area contributed by atoms with Gasteiger partial charge < -0.3 is 10.4 Å². The summed E-state index contributed by atoms with van der Waals surface area (Å²) in [6, 6.07) is 0. The number of anilines is 1. The number of hydrogen-bond acceptors (Lipinski definition) is 5. The zero-order chi connectivity index (χ0) is 12.1. The predicted molar refractivity (Wildman–Crippen MR) is 70.4 cm³/mol. The molecule has 1 aromatic heterocycles. The van der Waals surface area contributed by atoms with E-state index in [2.05, 4.69) is 21.6 Å². The highest BCUT2D eigenvalue weighted by Gasteiger charge is 2.32. The smallest absolute Gasteiger partial charge is 0.203 e. The van der Waals surface area contributed by atoms with Crippen LogP contribution in [0.1, 0.15) is 51.3 Å². The monoisotopic (exact) mass is 255 g/mol. The molecule has 1 aliphatic rings. The molecule has 2 N–H and O–H groups in total. The average molecular weight is 255 g/mol. The van der Waals surface area contributed by atoms with Crippen LogP contribution in [0.15, 0.2) is 0 Å². The molecule has 96 valence electrons. The Morgan fingerprint density at radius 3 is 2.76 bits per heavy atom. The number of nitrogens with one attached hydrogen (secondary N) is 1. The fourth-order valence-corrected chi connectivity index (χ4v) is 3.14. The standard InChI is InChI=1S/C12H21N3OS/c1-2-6-10-13-11(17-15-10)14-12(9-16)7-4-3-5-8-12/h16H,2-9H2,1H3,(H,13,14,15). The maximum Gasteiger partial charge on any atom is 0.203 e. The van der Waals surface area contributed by atoms with Crippen molar-refractivity contribution in [3.8, 4) is 0 Å². The van der Waals surface area contributed by atoms with Gasteiger partial charge in [-0.1, -0.05) is 26.2 Å². The van der Waals surface area contributed by atoms with Gasteiger partial charge in [0.25, 0.3) is 0 Å². The van der Waals surface area contributed by atoms with E-state index in [0.717, 1.165) is 36.6 Å². The molecule has 4 nitrogen and oxygen atoms in total. The summed E-state index contributed by atoms with van der Waals surface area (Å²) in [5, 5.41) is 13.9. The molecule has 0 bridgehead atoms. The highest BCUT2D eigenvalue weighted by Crippen LogP contribution is 2.31. The van der Waals surface area contributed by atoms with E-state index in [4.69, 9.17) is 0 Å². The van der Waals surface area contributed by atoms with Crippen molar-refractivity contribution in [2.24, 2.45) is 0 Å². The number of hydrogen-bond donors (Lipinski definition) is 2. The molecular weight excluding hydrogens is 234 g/mol. The number of aryl methyl sites for hydroxylation is 1. The Morgan fingerprint density at radius 2 is 2.12 bits per heavy atom. The Bertz CT molecular complexity index is 347. The minimum atomic E-state index is -0.152. The molecule has 1 saturated carbocycles. The fourth-order valence-electron chi connectivity index (χ4n) is 2.41. The van der Waals surface area contributed by atoms with Crippen LogP contribution in [0.4, 0.5) is 5.13 Å². The summed E-state index contributed by atoms with van der Waals surface area (Å²) < 4.78 is 4.32. The van der Waals surface area contributed by atoms with Crippen LogP contribution < -0.4 is 5.32 Å². The van der Waals surface area contributed by atoms with E-state index in [-0.39, 0.29) is 12.1 Å². The van der Waals surface area contributed by atoms with Gasteiger partial charge in [0, 0.05) is 18.0 Å². The van der Waals surface area contributed by atoms with Gasteiger partial charge in [-0.05, 0) is 19.3 Å². The van der Waals surface area contributed by atoms with Crippen LogP contribution in [-0.2, 0) is 6.42 Å². The van der Waals surface area contributed by atoms with Gasteiger partial charge in [0.1, 0.15) is 5.82 Å². The van der Waals surface area contributed by atoms with Gasteiger partial charge in [-0.25, -0.2) is 4.98 Å². The topological polar surface area (TPSA) is 58.0 Å². The van der Waals surface area contributed by atoms with Crippen LogP contribution in [-0.4, -0.2) is 26.6 Å². The van der Waals surface area contributed by atoms with Crippen molar-refractivity contribution in [2.75, 3.05) is 11.9 Å². The molecule has 17 heavy (non-hydrogen) atoms. The van der Waals surface area contributed by atoms with E-state index in [9.17, 15) is 5.11 Å². The molecule has 0 unspecified atom stereocenters. The first-order chi connectivity index (χ1) is 8.28. The average Bonchev–Trinajstić information content (AvgIpc) is 2.78. The van der Waals surface area contributed by atoms with Crippen molar-refractivity contribution in [2.45, 2.75) is 57.4 Å². The van der Waals surface area contributed by atoms with Gasteiger partial charge in [-0.3, -0.25) is 0 Å². The van der Waals surface area contributed by atoms with Gasteiger partial charge in [0.2, 0.25) is 5.13 Å². The highest BCUT2D eigenvalue weighted by atomic mass is 32.1. The first-order valence-electron chi connectivity index (χ1n) is 6.50. The molecule has 0 amide bonds. The van der Waals surface area contributed by atoms with Crippen molar-refractivity contribution in [1.82, 2.24) is 9.36 Å². The van der Waals surface area contributed by atoms with Crippen LogP contribution in [0.3, 0.4) is 0 Å². The van der Waals surface area contributed by atoms with Crippen molar-refractivity contribution < 1.29 is 5.11 Å². The largest absolute Gasteiger partial charge is 0.394 e. The van der Waals surface area contributed by atoms with Gasteiger partial charge in [-0.15, -0.1) is 0 Å². The quantitative estimate of drug-likeness (QED) is 0.849. The Morgan fingerprint density at radius 1 is 1.35 bits per heavy atom. The molecule has 5 heteroatoms. The van der Waals surface area contributed by atoms with E-state index in [1.807, 2.05) is 0 Å². The van der Waals surface area contributed by atoms with Crippen LogP contribution in [0, 0.1) is 0 Å². The van der Waals surface area contributed by atoms with Gasteiger partial charge in [-0.2, -0.15) is 4.37 Å². The Labute approximate surface area is 107 Å². The molecule has 0 radical (unpaired) electrons. The third-order valence-corrected chi connectivity index (χ3v) is 4.10. The maximum absolute atomic E-state index is 9.61. The van der Waals surface area contributed by atoms with E-state index in [1.165, 1.54) is 30.8 Å². The molecule has 1 aromatic rings. The number of aliphatic hydroxyl groups excluding tert-OH is 1. The summed E-state index contributed by atoms with van der Waals surface area (Å²) >= 11 is 1.41. The Hall–Kier alpha value is -0.680. The lowest BCUT2D eigenvalue weighted by molar-refractivity contribution is 0.173. The summed E-state index contributed by atoms with van der Waals surface area (Å²) in [6.07, 6.45) is 7.73. The minimum absolute atomic E-state index is 0.152. The van der Waals surface area contributed by atoms with E-state index >= 15 is 0 Å². The van der Waals surface area contributed by atoms with Crippen molar-refractivity contribution in [3.05, 3.63) is 5.82 Å². The van der Waals surface area contributed by atoms with E-state index in [0.29, 0.717) is 0 Å². The Balaban J connectivity index is 2.01. The van der Waals surface area contributed by atoms with Crippen molar-refractivity contribution >= 4 is 16.7 Å². The molecule has 1 fully saturated rings. The molecule has 0 spiro atoms. The van der Waals surface area contributed by atoms with Crippen LogP contribution in [0.25, 0.3) is 0 Å².